The minimum Gasteiger partial charge on any atom is -0.497 e. The van der Waals surface area contributed by atoms with Crippen LogP contribution in [0.25, 0.3) is 0 Å². The molecule has 7 heteroatoms. The first-order chi connectivity index (χ1) is 10.9. The monoisotopic (exact) mass is 327 g/mol. The van der Waals surface area contributed by atoms with Crippen molar-refractivity contribution in [3.8, 4) is 5.75 Å². The summed E-state index contributed by atoms with van der Waals surface area (Å²) in [5.41, 5.74) is -0.593. The van der Waals surface area contributed by atoms with Crippen molar-refractivity contribution in [3.63, 3.8) is 0 Å². The van der Waals surface area contributed by atoms with E-state index in [-0.39, 0.29) is 18.1 Å². The SMILES string of the molecule is COc1cc(F)c(C(=O)N2CCCC(CCC(=O)O)C2)c(F)c1. The number of benzene rings is 1. The average Bonchev–Trinajstić information content (AvgIpc) is 2.52. The Bertz CT molecular complexity index is 583. The van der Waals surface area contributed by atoms with Gasteiger partial charge in [0.2, 0.25) is 0 Å². The van der Waals surface area contributed by atoms with Crippen molar-refractivity contribution in [1.29, 1.82) is 0 Å². The Morgan fingerprint density at radius 3 is 2.57 bits per heavy atom. The number of ether oxygens (including phenoxy) is 1. The van der Waals surface area contributed by atoms with Crippen LogP contribution < -0.4 is 4.74 Å². The number of aliphatic carboxylic acids is 1. The number of carbonyl (C=O) groups excluding carboxylic acids is 1. The van der Waals surface area contributed by atoms with E-state index in [2.05, 4.69) is 0 Å². The summed E-state index contributed by atoms with van der Waals surface area (Å²) in [5, 5.41) is 8.73. The van der Waals surface area contributed by atoms with Crippen LogP contribution in [0.2, 0.25) is 0 Å². The lowest BCUT2D eigenvalue weighted by Gasteiger charge is -2.32. The highest BCUT2D eigenvalue weighted by Crippen LogP contribution is 2.26. The molecule has 1 aromatic carbocycles. The highest BCUT2D eigenvalue weighted by atomic mass is 19.1. The molecule has 5 nitrogen and oxygen atoms in total. The van der Waals surface area contributed by atoms with Gasteiger partial charge in [0.25, 0.3) is 5.91 Å². The molecule has 1 amide bonds. The lowest BCUT2D eigenvalue weighted by molar-refractivity contribution is -0.137. The second-order valence-corrected chi connectivity index (χ2v) is 5.66. The Labute approximate surface area is 132 Å². The van der Waals surface area contributed by atoms with Crippen LogP contribution in [0.4, 0.5) is 8.78 Å². The Kier molecular flexibility index (Phi) is 5.52. The van der Waals surface area contributed by atoms with Crippen LogP contribution in [-0.4, -0.2) is 42.1 Å². The zero-order valence-corrected chi connectivity index (χ0v) is 12.8. The van der Waals surface area contributed by atoms with Crippen LogP contribution in [0.1, 0.15) is 36.0 Å². The normalized spacial score (nSPS) is 17.9. The van der Waals surface area contributed by atoms with Gasteiger partial charge in [-0.2, -0.15) is 0 Å². The topological polar surface area (TPSA) is 66.8 Å². The van der Waals surface area contributed by atoms with Crippen molar-refractivity contribution < 1.29 is 28.2 Å². The number of carboxylic acids is 1. The molecule has 1 aliphatic rings. The van der Waals surface area contributed by atoms with Gasteiger partial charge in [0, 0.05) is 31.6 Å². The standard InChI is InChI=1S/C16H19F2NO4/c1-23-11-7-12(17)15(13(18)8-11)16(22)19-6-2-3-10(9-19)4-5-14(20)21/h7-8,10H,2-6,9H2,1H3,(H,20,21). The molecular formula is C16H19F2NO4. The van der Waals surface area contributed by atoms with E-state index in [1.54, 1.807) is 0 Å². The predicted molar refractivity (Wildman–Crippen MR) is 78.4 cm³/mol. The fourth-order valence-corrected chi connectivity index (χ4v) is 2.84. The number of carbonyl (C=O) groups is 2. The molecule has 0 aliphatic carbocycles. The van der Waals surface area contributed by atoms with Crippen LogP contribution >= 0.6 is 0 Å². The number of hydrogen-bond donors (Lipinski definition) is 1. The zero-order valence-electron chi connectivity index (χ0n) is 12.8. The molecule has 1 N–H and O–H groups in total. The molecule has 1 heterocycles. The molecule has 1 fully saturated rings. The number of amides is 1. The van der Waals surface area contributed by atoms with Crippen molar-refractivity contribution >= 4 is 11.9 Å². The average molecular weight is 327 g/mol. The van der Waals surface area contributed by atoms with Crippen molar-refractivity contribution in [2.45, 2.75) is 25.7 Å². The largest absolute Gasteiger partial charge is 0.497 e. The van der Waals surface area contributed by atoms with Gasteiger partial charge in [-0.1, -0.05) is 0 Å². The molecular weight excluding hydrogens is 308 g/mol. The van der Waals surface area contributed by atoms with Gasteiger partial charge < -0.3 is 14.7 Å². The van der Waals surface area contributed by atoms with Crippen LogP contribution in [0.5, 0.6) is 5.75 Å². The Hall–Kier alpha value is -2.18. The lowest BCUT2D eigenvalue weighted by Crippen LogP contribution is -2.40. The van der Waals surface area contributed by atoms with E-state index in [1.807, 2.05) is 0 Å². The summed E-state index contributed by atoms with van der Waals surface area (Å²) in [7, 11) is 1.29. The van der Waals surface area contributed by atoms with Gasteiger partial charge in [0.05, 0.1) is 7.11 Å². The lowest BCUT2D eigenvalue weighted by atomic mass is 9.93. The van der Waals surface area contributed by atoms with Crippen molar-refractivity contribution in [3.05, 3.63) is 29.3 Å². The quantitative estimate of drug-likeness (QED) is 0.903. The van der Waals surface area contributed by atoms with Crippen molar-refractivity contribution in [2.75, 3.05) is 20.2 Å². The van der Waals surface area contributed by atoms with E-state index in [1.165, 1.54) is 12.0 Å². The molecule has 126 valence electrons. The minimum atomic E-state index is -0.959. The fraction of sp³-hybridized carbons (Fsp3) is 0.500. The minimum absolute atomic E-state index is 0.00882. The first kappa shape index (κ1) is 17.2. The van der Waals surface area contributed by atoms with E-state index < -0.39 is 29.1 Å². The maximum Gasteiger partial charge on any atom is 0.303 e. The summed E-state index contributed by atoms with van der Waals surface area (Å²) in [4.78, 5) is 24.4. The first-order valence-corrected chi connectivity index (χ1v) is 7.46. The molecule has 0 radical (unpaired) electrons. The van der Waals surface area contributed by atoms with Gasteiger partial charge in [-0.3, -0.25) is 9.59 Å². The maximum absolute atomic E-state index is 14.0. The van der Waals surface area contributed by atoms with Gasteiger partial charge in [0.1, 0.15) is 22.9 Å². The van der Waals surface area contributed by atoms with Crippen LogP contribution in [0.15, 0.2) is 12.1 Å². The molecule has 0 spiro atoms. The number of nitrogens with zero attached hydrogens (tertiary/aromatic N) is 1. The Morgan fingerprint density at radius 1 is 1.35 bits per heavy atom. The van der Waals surface area contributed by atoms with Crippen LogP contribution in [-0.2, 0) is 4.79 Å². The molecule has 0 bridgehead atoms. The van der Waals surface area contributed by atoms with E-state index in [0.717, 1.165) is 18.6 Å². The number of hydrogen-bond acceptors (Lipinski definition) is 3. The van der Waals surface area contributed by atoms with E-state index >= 15 is 0 Å². The first-order valence-electron chi connectivity index (χ1n) is 7.46. The van der Waals surface area contributed by atoms with Crippen molar-refractivity contribution in [2.24, 2.45) is 5.92 Å². The second-order valence-electron chi connectivity index (χ2n) is 5.66. The van der Waals surface area contributed by atoms with Crippen molar-refractivity contribution in [1.82, 2.24) is 4.90 Å². The molecule has 0 saturated carbocycles. The van der Waals surface area contributed by atoms with Gasteiger partial charge in [0.15, 0.2) is 0 Å². The van der Waals surface area contributed by atoms with E-state index in [0.29, 0.717) is 25.9 Å². The predicted octanol–water partition coefficient (Wildman–Crippen LogP) is 2.69. The second kappa shape index (κ2) is 7.39. The summed E-state index contributed by atoms with van der Waals surface area (Å²) >= 11 is 0. The number of likely N-dealkylation sites (tertiary alicyclic amines) is 1. The summed E-state index contributed by atoms with van der Waals surface area (Å²) in [6.45, 7) is 0.727. The maximum atomic E-state index is 14.0. The molecule has 1 aromatic rings. The molecule has 23 heavy (non-hydrogen) atoms. The third kappa shape index (κ3) is 4.18. The smallest absolute Gasteiger partial charge is 0.303 e. The van der Waals surface area contributed by atoms with Gasteiger partial charge in [-0.25, -0.2) is 8.78 Å². The molecule has 1 aliphatic heterocycles. The van der Waals surface area contributed by atoms with Crippen LogP contribution in [0.3, 0.4) is 0 Å². The summed E-state index contributed by atoms with van der Waals surface area (Å²) < 4.78 is 32.8. The van der Waals surface area contributed by atoms with E-state index in [9.17, 15) is 18.4 Å². The Balaban J connectivity index is 2.12. The van der Waals surface area contributed by atoms with Gasteiger partial charge in [-0.15, -0.1) is 0 Å². The highest BCUT2D eigenvalue weighted by molar-refractivity contribution is 5.95. The number of methoxy groups -OCH3 is 1. The number of halogens is 2. The molecule has 1 unspecified atom stereocenters. The summed E-state index contributed by atoms with van der Waals surface area (Å²) in [6.07, 6.45) is 1.98. The molecule has 0 aromatic heterocycles. The Morgan fingerprint density at radius 2 is 2.00 bits per heavy atom. The number of piperidine rings is 1. The van der Waals surface area contributed by atoms with Gasteiger partial charge >= 0.3 is 5.97 Å². The van der Waals surface area contributed by atoms with E-state index in [4.69, 9.17) is 9.84 Å². The van der Waals surface area contributed by atoms with Crippen LogP contribution in [0, 0.1) is 17.6 Å². The summed E-state index contributed by atoms with van der Waals surface area (Å²) in [6, 6.07) is 1.95. The molecule has 1 atom stereocenters. The molecule has 1 saturated heterocycles. The third-order valence-corrected chi connectivity index (χ3v) is 4.04. The highest BCUT2D eigenvalue weighted by Gasteiger charge is 2.28. The summed E-state index contributed by atoms with van der Waals surface area (Å²) in [5.74, 6) is -3.47. The number of rotatable bonds is 5. The third-order valence-electron chi connectivity index (χ3n) is 4.04. The molecule has 2 rings (SSSR count). The number of carboxylic acid groups (broad SMARTS) is 1. The fourth-order valence-electron chi connectivity index (χ4n) is 2.84. The zero-order chi connectivity index (χ0) is 17.0. The van der Waals surface area contributed by atoms with Gasteiger partial charge in [-0.05, 0) is 25.2 Å².